The molecule has 0 amide bonds. The standard InChI is InChI=1S/C8H3ClFNO2/c9-6-2-5(8(12)13)7(10)1-4(6)3-11/h1-2H,(H,12,13). The van der Waals surface area contributed by atoms with Crippen LogP contribution in [-0.4, -0.2) is 11.1 Å². The highest BCUT2D eigenvalue weighted by molar-refractivity contribution is 6.32. The van der Waals surface area contributed by atoms with Gasteiger partial charge < -0.3 is 5.11 Å². The Kier molecular flexibility index (Phi) is 2.49. The van der Waals surface area contributed by atoms with Gasteiger partial charge in [0.25, 0.3) is 0 Å². The van der Waals surface area contributed by atoms with Gasteiger partial charge in [-0.05, 0) is 12.1 Å². The maximum absolute atomic E-state index is 12.9. The minimum Gasteiger partial charge on any atom is -0.478 e. The lowest BCUT2D eigenvalue weighted by atomic mass is 10.1. The van der Waals surface area contributed by atoms with Crippen LogP contribution in [0.1, 0.15) is 15.9 Å². The smallest absolute Gasteiger partial charge is 0.338 e. The van der Waals surface area contributed by atoms with Gasteiger partial charge in [-0.25, -0.2) is 9.18 Å². The second-order valence-corrected chi connectivity index (χ2v) is 2.64. The predicted octanol–water partition coefficient (Wildman–Crippen LogP) is 2.05. The molecule has 1 N–H and O–H groups in total. The van der Waals surface area contributed by atoms with E-state index < -0.39 is 17.3 Å². The normalized spacial score (nSPS) is 9.31. The predicted molar refractivity (Wildman–Crippen MR) is 43.1 cm³/mol. The molecular formula is C8H3ClFNO2. The van der Waals surface area contributed by atoms with Gasteiger partial charge in [-0.15, -0.1) is 0 Å². The van der Waals surface area contributed by atoms with Crippen molar-refractivity contribution in [1.29, 1.82) is 5.26 Å². The zero-order valence-electron chi connectivity index (χ0n) is 6.21. The number of carboxylic acids is 1. The summed E-state index contributed by atoms with van der Waals surface area (Å²) in [6, 6.07) is 3.35. The molecule has 0 aliphatic heterocycles. The van der Waals surface area contributed by atoms with Crippen LogP contribution >= 0.6 is 11.6 Å². The summed E-state index contributed by atoms with van der Waals surface area (Å²) in [5.74, 6) is -2.38. The molecule has 5 heteroatoms. The second-order valence-electron chi connectivity index (χ2n) is 2.23. The number of aromatic carboxylic acids is 1. The summed E-state index contributed by atoms with van der Waals surface area (Å²) < 4.78 is 12.9. The van der Waals surface area contributed by atoms with Gasteiger partial charge in [-0.2, -0.15) is 5.26 Å². The summed E-state index contributed by atoms with van der Waals surface area (Å²) in [6.45, 7) is 0. The quantitative estimate of drug-likeness (QED) is 0.753. The minimum atomic E-state index is -1.41. The Hall–Kier alpha value is -1.60. The van der Waals surface area contributed by atoms with E-state index in [1.54, 1.807) is 6.07 Å². The van der Waals surface area contributed by atoms with E-state index in [1.807, 2.05) is 0 Å². The van der Waals surface area contributed by atoms with Crippen LogP contribution in [0, 0.1) is 17.1 Å². The molecule has 0 radical (unpaired) electrons. The molecule has 0 fully saturated rings. The first-order chi connectivity index (χ1) is 6.06. The van der Waals surface area contributed by atoms with Gasteiger partial charge in [-0.1, -0.05) is 11.6 Å². The summed E-state index contributed by atoms with van der Waals surface area (Å²) in [5.41, 5.74) is -0.617. The monoisotopic (exact) mass is 199 g/mol. The summed E-state index contributed by atoms with van der Waals surface area (Å²) in [6.07, 6.45) is 0. The molecule has 0 spiro atoms. The molecule has 0 unspecified atom stereocenters. The van der Waals surface area contributed by atoms with Crippen molar-refractivity contribution in [2.24, 2.45) is 0 Å². The number of hydrogen-bond donors (Lipinski definition) is 1. The van der Waals surface area contributed by atoms with Crippen molar-refractivity contribution in [3.05, 3.63) is 34.1 Å². The summed E-state index contributed by atoms with van der Waals surface area (Å²) >= 11 is 5.49. The third-order valence-corrected chi connectivity index (χ3v) is 1.72. The highest BCUT2D eigenvalue weighted by Crippen LogP contribution is 2.19. The zero-order chi connectivity index (χ0) is 10.0. The van der Waals surface area contributed by atoms with Crippen LogP contribution in [0.4, 0.5) is 4.39 Å². The molecule has 0 heterocycles. The minimum absolute atomic E-state index is 0.0682. The van der Waals surface area contributed by atoms with Gasteiger partial charge in [0, 0.05) is 0 Å². The molecule has 0 saturated heterocycles. The summed E-state index contributed by atoms with van der Waals surface area (Å²) in [7, 11) is 0. The van der Waals surface area contributed by atoms with Crippen LogP contribution < -0.4 is 0 Å². The first kappa shape index (κ1) is 9.49. The molecule has 66 valence electrons. The molecule has 0 atom stereocenters. The molecular weight excluding hydrogens is 197 g/mol. The van der Waals surface area contributed by atoms with Gasteiger partial charge in [0.15, 0.2) is 0 Å². The zero-order valence-corrected chi connectivity index (χ0v) is 6.97. The van der Waals surface area contributed by atoms with Crippen LogP contribution in [-0.2, 0) is 0 Å². The van der Waals surface area contributed by atoms with Gasteiger partial charge in [-0.3, -0.25) is 0 Å². The van der Waals surface area contributed by atoms with E-state index in [9.17, 15) is 9.18 Å². The molecule has 0 aromatic heterocycles. The molecule has 3 nitrogen and oxygen atoms in total. The topological polar surface area (TPSA) is 61.1 Å². The number of carbonyl (C=O) groups is 1. The summed E-state index contributed by atoms with van der Waals surface area (Å²) in [5, 5.41) is 16.8. The SMILES string of the molecule is N#Cc1cc(F)c(C(=O)O)cc1Cl. The molecule has 0 aliphatic carbocycles. The number of benzene rings is 1. The van der Waals surface area contributed by atoms with E-state index in [4.69, 9.17) is 22.0 Å². The lowest BCUT2D eigenvalue weighted by molar-refractivity contribution is 0.0692. The molecule has 1 rings (SSSR count). The average Bonchev–Trinajstić information content (AvgIpc) is 2.07. The number of rotatable bonds is 1. The van der Waals surface area contributed by atoms with Crippen molar-refractivity contribution < 1.29 is 14.3 Å². The van der Waals surface area contributed by atoms with E-state index in [2.05, 4.69) is 0 Å². The lowest BCUT2D eigenvalue weighted by Crippen LogP contribution is -2.01. The number of hydrogen-bond acceptors (Lipinski definition) is 2. The Morgan fingerprint density at radius 1 is 1.62 bits per heavy atom. The van der Waals surface area contributed by atoms with E-state index in [0.717, 1.165) is 12.1 Å². The van der Waals surface area contributed by atoms with Crippen molar-refractivity contribution in [3.8, 4) is 6.07 Å². The number of nitriles is 1. The Morgan fingerprint density at radius 3 is 2.69 bits per heavy atom. The third-order valence-electron chi connectivity index (χ3n) is 1.41. The van der Waals surface area contributed by atoms with Gasteiger partial charge in [0.1, 0.15) is 11.9 Å². The molecule has 1 aromatic carbocycles. The van der Waals surface area contributed by atoms with Crippen molar-refractivity contribution in [3.63, 3.8) is 0 Å². The van der Waals surface area contributed by atoms with Crippen molar-refractivity contribution in [2.75, 3.05) is 0 Å². The Labute approximate surface area is 78.0 Å². The molecule has 1 aromatic rings. The van der Waals surface area contributed by atoms with E-state index in [1.165, 1.54) is 0 Å². The second kappa shape index (κ2) is 3.42. The molecule has 0 saturated carbocycles. The van der Waals surface area contributed by atoms with Crippen LogP contribution in [0.15, 0.2) is 12.1 Å². The fourth-order valence-corrected chi connectivity index (χ4v) is 1.00. The van der Waals surface area contributed by atoms with Crippen LogP contribution in [0.25, 0.3) is 0 Å². The highest BCUT2D eigenvalue weighted by Gasteiger charge is 2.13. The van der Waals surface area contributed by atoms with E-state index in [0.29, 0.717) is 0 Å². The van der Waals surface area contributed by atoms with Crippen molar-refractivity contribution in [1.82, 2.24) is 0 Å². The third kappa shape index (κ3) is 1.76. The number of halogens is 2. The number of nitrogens with zero attached hydrogens (tertiary/aromatic N) is 1. The van der Waals surface area contributed by atoms with Gasteiger partial charge >= 0.3 is 5.97 Å². The molecule has 0 bridgehead atoms. The van der Waals surface area contributed by atoms with Gasteiger partial charge in [0.05, 0.1) is 16.1 Å². The Balaban J connectivity index is 3.39. The maximum Gasteiger partial charge on any atom is 0.338 e. The highest BCUT2D eigenvalue weighted by atomic mass is 35.5. The van der Waals surface area contributed by atoms with Crippen molar-refractivity contribution >= 4 is 17.6 Å². The van der Waals surface area contributed by atoms with E-state index in [-0.39, 0.29) is 10.6 Å². The van der Waals surface area contributed by atoms with Crippen LogP contribution in [0.5, 0.6) is 0 Å². The van der Waals surface area contributed by atoms with Crippen LogP contribution in [0.2, 0.25) is 5.02 Å². The van der Waals surface area contributed by atoms with Crippen molar-refractivity contribution in [2.45, 2.75) is 0 Å². The fraction of sp³-hybridized carbons (Fsp3) is 0. The van der Waals surface area contributed by atoms with E-state index >= 15 is 0 Å². The largest absolute Gasteiger partial charge is 0.478 e. The number of carboxylic acid groups (broad SMARTS) is 1. The fourth-order valence-electron chi connectivity index (χ4n) is 0.796. The lowest BCUT2D eigenvalue weighted by Gasteiger charge is -1.99. The summed E-state index contributed by atoms with van der Waals surface area (Å²) in [4.78, 5) is 10.4. The molecule has 13 heavy (non-hydrogen) atoms. The first-order valence-electron chi connectivity index (χ1n) is 3.18. The molecule has 0 aliphatic rings. The average molecular weight is 200 g/mol. The Bertz CT molecular complexity index is 411. The van der Waals surface area contributed by atoms with Gasteiger partial charge in [0.2, 0.25) is 0 Å². The Morgan fingerprint density at radius 2 is 2.23 bits per heavy atom. The van der Waals surface area contributed by atoms with Crippen LogP contribution in [0.3, 0.4) is 0 Å². The maximum atomic E-state index is 12.9. The first-order valence-corrected chi connectivity index (χ1v) is 3.56.